The van der Waals surface area contributed by atoms with Crippen LogP contribution in [0, 0.1) is 5.82 Å². The van der Waals surface area contributed by atoms with Crippen LogP contribution in [0.4, 0.5) is 10.1 Å². The van der Waals surface area contributed by atoms with Gasteiger partial charge in [0.15, 0.2) is 0 Å². The molecule has 1 aliphatic heterocycles. The number of halogens is 1. The molecule has 1 atom stereocenters. The molecule has 3 rings (SSSR count). The lowest BCUT2D eigenvalue weighted by Crippen LogP contribution is -2.58. The second-order valence-electron chi connectivity index (χ2n) is 5.63. The third-order valence-electron chi connectivity index (χ3n) is 3.92. The summed E-state index contributed by atoms with van der Waals surface area (Å²) in [5.74, 6) is -0.831. The van der Waals surface area contributed by atoms with Crippen molar-refractivity contribution >= 4 is 17.5 Å². The maximum Gasteiger partial charge on any atom is 0.248 e. The lowest BCUT2D eigenvalue weighted by molar-refractivity contribution is -0.139. The van der Waals surface area contributed by atoms with Crippen LogP contribution in [0.5, 0.6) is 0 Å². The number of anilines is 1. The molecule has 2 heterocycles. The van der Waals surface area contributed by atoms with E-state index < -0.39 is 6.04 Å². The highest BCUT2D eigenvalue weighted by atomic mass is 19.1. The summed E-state index contributed by atoms with van der Waals surface area (Å²) in [5.41, 5.74) is 0.484. The van der Waals surface area contributed by atoms with Gasteiger partial charge in [0.2, 0.25) is 11.8 Å². The number of aromatic nitrogens is 4. The number of tetrazole rings is 1. The molecule has 1 aliphatic rings. The molecule has 2 aromatic rings. The van der Waals surface area contributed by atoms with Crippen molar-refractivity contribution in [2.45, 2.75) is 19.0 Å². The van der Waals surface area contributed by atoms with Crippen molar-refractivity contribution in [3.63, 3.8) is 0 Å². The highest BCUT2D eigenvalue weighted by Gasteiger charge is 2.31. The van der Waals surface area contributed by atoms with E-state index in [0.717, 1.165) is 0 Å². The van der Waals surface area contributed by atoms with Crippen LogP contribution < -0.4 is 10.6 Å². The van der Waals surface area contributed by atoms with E-state index in [4.69, 9.17) is 0 Å². The summed E-state index contributed by atoms with van der Waals surface area (Å²) >= 11 is 0. The molecule has 0 saturated carbocycles. The van der Waals surface area contributed by atoms with E-state index in [-0.39, 0.29) is 24.1 Å². The van der Waals surface area contributed by atoms with Crippen LogP contribution in [0.3, 0.4) is 0 Å². The maximum absolute atomic E-state index is 13.0. The summed E-state index contributed by atoms with van der Waals surface area (Å²) in [6.45, 7) is 1.78. The van der Waals surface area contributed by atoms with E-state index in [1.54, 1.807) is 4.90 Å². The monoisotopic (exact) mass is 347 g/mol. The second-order valence-corrected chi connectivity index (χ2v) is 5.63. The number of hydrogen-bond donors (Lipinski definition) is 2. The number of carbonyl (C=O) groups excluding carboxylic acids is 2. The Balaban J connectivity index is 1.62. The Hall–Kier alpha value is -2.88. The molecule has 25 heavy (non-hydrogen) atoms. The van der Waals surface area contributed by atoms with Crippen molar-refractivity contribution in [3.05, 3.63) is 36.4 Å². The molecule has 1 saturated heterocycles. The molecule has 2 amide bonds. The Bertz CT molecular complexity index is 720. The van der Waals surface area contributed by atoms with Gasteiger partial charge >= 0.3 is 0 Å². The number of hydrogen-bond acceptors (Lipinski definition) is 6. The fourth-order valence-corrected chi connectivity index (χ4v) is 2.63. The van der Waals surface area contributed by atoms with Gasteiger partial charge in [-0.25, -0.2) is 9.07 Å². The fraction of sp³-hybridized carbons (Fsp3) is 0.400. The minimum Gasteiger partial charge on any atom is -0.328 e. The van der Waals surface area contributed by atoms with E-state index in [9.17, 15) is 14.0 Å². The number of nitrogens with zero attached hydrogens (tertiary/aromatic N) is 5. The molecule has 0 spiro atoms. The summed E-state index contributed by atoms with van der Waals surface area (Å²) < 4.78 is 14.4. The van der Waals surface area contributed by atoms with Crippen LogP contribution in [0.15, 0.2) is 30.6 Å². The first-order chi connectivity index (χ1) is 12.1. The van der Waals surface area contributed by atoms with Crippen molar-refractivity contribution in [2.75, 3.05) is 25.0 Å². The number of carbonyl (C=O) groups is 2. The van der Waals surface area contributed by atoms with E-state index in [1.807, 2.05) is 0 Å². The summed E-state index contributed by atoms with van der Waals surface area (Å²) in [7, 11) is 0. The standard InChI is InChI=1S/C15H18FN7O2/c16-11-1-3-12(4-2-11)19-15(25)13-9-17-6-8-23(13)14(24)5-7-22-10-18-20-21-22/h1-4,10,13,17H,5-9H2,(H,19,25)/t13-/m0/s1. The van der Waals surface area contributed by atoms with Gasteiger partial charge in [-0.05, 0) is 34.7 Å². The molecule has 132 valence electrons. The third-order valence-corrected chi connectivity index (χ3v) is 3.92. The number of benzene rings is 1. The van der Waals surface area contributed by atoms with E-state index in [1.165, 1.54) is 35.3 Å². The minimum absolute atomic E-state index is 0.142. The topological polar surface area (TPSA) is 105 Å². The average molecular weight is 347 g/mol. The fourth-order valence-electron chi connectivity index (χ4n) is 2.63. The molecule has 2 N–H and O–H groups in total. The molecule has 0 bridgehead atoms. The number of piperazine rings is 1. The Kier molecular flexibility index (Phi) is 5.29. The van der Waals surface area contributed by atoms with Crippen LogP contribution in [0.2, 0.25) is 0 Å². The Morgan fingerprint density at radius 3 is 2.84 bits per heavy atom. The molecule has 1 aromatic heterocycles. The van der Waals surface area contributed by atoms with Gasteiger partial charge in [-0.2, -0.15) is 0 Å². The minimum atomic E-state index is -0.625. The van der Waals surface area contributed by atoms with Crippen LogP contribution in [-0.4, -0.2) is 62.6 Å². The number of nitrogens with one attached hydrogen (secondary N) is 2. The van der Waals surface area contributed by atoms with Gasteiger partial charge in [-0.3, -0.25) is 9.59 Å². The molecule has 9 nitrogen and oxygen atoms in total. The number of amides is 2. The van der Waals surface area contributed by atoms with Crippen molar-refractivity contribution in [1.82, 2.24) is 30.4 Å². The summed E-state index contributed by atoms with van der Waals surface area (Å²) in [5, 5.41) is 16.6. The van der Waals surface area contributed by atoms with Crippen molar-refractivity contribution < 1.29 is 14.0 Å². The molecule has 0 aliphatic carbocycles. The third kappa shape index (κ3) is 4.35. The molecule has 1 aromatic carbocycles. The Morgan fingerprint density at radius 1 is 1.32 bits per heavy atom. The first-order valence-corrected chi connectivity index (χ1v) is 7.91. The van der Waals surface area contributed by atoms with Crippen LogP contribution in [0.25, 0.3) is 0 Å². The number of aryl methyl sites for hydroxylation is 1. The van der Waals surface area contributed by atoms with Gasteiger partial charge in [0.25, 0.3) is 0 Å². The highest BCUT2D eigenvalue weighted by Crippen LogP contribution is 2.12. The predicted molar refractivity (Wildman–Crippen MR) is 85.8 cm³/mol. The van der Waals surface area contributed by atoms with Gasteiger partial charge in [-0.1, -0.05) is 0 Å². The Morgan fingerprint density at radius 2 is 2.12 bits per heavy atom. The first kappa shape index (κ1) is 17.0. The van der Waals surface area contributed by atoms with E-state index >= 15 is 0 Å². The quantitative estimate of drug-likeness (QED) is 0.765. The normalized spacial score (nSPS) is 17.3. The zero-order chi connectivity index (χ0) is 17.6. The van der Waals surface area contributed by atoms with E-state index in [2.05, 4.69) is 26.2 Å². The second kappa shape index (κ2) is 7.79. The lowest BCUT2D eigenvalue weighted by Gasteiger charge is -2.35. The van der Waals surface area contributed by atoms with Gasteiger partial charge in [0.05, 0.1) is 6.54 Å². The van der Waals surface area contributed by atoms with E-state index in [0.29, 0.717) is 31.9 Å². The zero-order valence-electron chi connectivity index (χ0n) is 13.4. The van der Waals surface area contributed by atoms with Crippen molar-refractivity contribution in [3.8, 4) is 0 Å². The van der Waals surface area contributed by atoms with Gasteiger partial charge < -0.3 is 15.5 Å². The maximum atomic E-state index is 13.0. The largest absolute Gasteiger partial charge is 0.328 e. The molecule has 10 heteroatoms. The summed E-state index contributed by atoms with van der Waals surface area (Å²) in [6, 6.07) is 4.87. The molecular weight excluding hydrogens is 329 g/mol. The molecular formula is C15H18FN7O2. The summed E-state index contributed by atoms with van der Waals surface area (Å²) in [6.07, 6.45) is 1.63. The lowest BCUT2D eigenvalue weighted by atomic mass is 10.1. The molecule has 0 radical (unpaired) electrons. The van der Waals surface area contributed by atoms with Crippen molar-refractivity contribution in [1.29, 1.82) is 0 Å². The van der Waals surface area contributed by atoms with Gasteiger partial charge in [0.1, 0.15) is 18.2 Å². The van der Waals surface area contributed by atoms with Crippen LogP contribution >= 0.6 is 0 Å². The molecule has 1 fully saturated rings. The average Bonchev–Trinajstić information content (AvgIpc) is 3.15. The van der Waals surface area contributed by atoms with Crippen molar-refractivity contribution in [2.24, 2.45) is 0 Å². The van der Waals surface area contributed by atoms with Gasteiger partial charge in [0, 0.05) is 31.7 Å². The SMILES string of the molecule is O=C(Nc1ccc(F)cc1)[C@@H]1CNCCN1C(=O)CCn1cnnn1. The zero-order valence-corrected chi connectivity index (χ0v) is 13.4. The highest BCUT2D eigenvalue weighted by molar-refractivity contribution is 5.97. The Labute approximate surface area is 143 Å². The smallest absolute Gasteiger partial charge is 0.248 e. The summed E-state index contributed by atoms with van der Waals surface area (Å²) in [4.78, 5) is 26.6. The van der Waals surface area contributed by atoms with Crippen LogP contribution in [-0.2, 0) is 16.1 Å². The first-order valence-electron chi connectivity index (χ1n) is 7.91. The molecule has 0 unspecified atom stereocenters. The van der Waals surface area contributed by atoms with Gasteiger partial charge in [-0.15, -0.1) is 5.10 Å². The number of rotatable bonds is 5. The predicted octanol–water partition coefficient (Wildman–Crippen LogP) is -0.359. The van der Waals surface area contributed by atoms with Crippen LogP contribution in [0.1, 0.15) is 6.42 Å².